The molecule has 0 aliphatic heterocycles. The molecular weight excluding hydrogens is 262 g/mol. The number of aryl methyl sites for hydroxylation is 2. The van der Waals surface area contributed by atoms with E-state index in [0.29, 0.717) is 11.9 Å². The molecule has 1 aromatic heterocycles. The van der Waals surface area contributed by atoms with E-state index in [4.69, 9.17) is 0 Å². The monoisotopic (exact) mass is 279 g/mol. The zero-order chi connectivity index (χ0) is 14.8. The smallest absolute Gasteiger partial charge is 0.274 e. The molecule has 0 spiro atoms. The summed E-state index contributed by atoms with van der Waals surface area (Å²) in [7, 11) is 1.68. The largest absolute Gasteiger partial charge is 0.364 e. The summed E-state index contributed by atoms with van der Waals surface area (Å²) in [5.41, 5.74) is 2.21. The molecule has 0 fully saturated rings. The van der Waals surface area contributed by atoms with Crippen LogP contribution >= 0.6 is 0 Å². The first-order valence-corrected chi connectivity index (χ1v) is 6.90. The van der Waals surface area contributed by atoms with Crippen LogP contribution in [0.15, 0.2) is 53.3 Å². The average molecular weight is 279 g/mol. The number of nitrogens with zero attached hydrogens (tertiary/aromatic N) is 2. The summed E-state index contributed by atoms with van der Waals surface area (Å²) < 4.78 is 1.38. The van der Waals surface area contributed by atoms with Crippen molar-refractivity contribution in [3.05, 3.63) is 70.0 Å². The van der Waals surface area contributed by atoms with Gasteiger partial charge in [-0.1, -0.05) is 42.0 Å². The van der Waals surface area contributed by atoms with Crippen molar-refractivity contribution < 1.29 is 0 Å². The highest BCUT2D eigenvalue weighted by Crippen LogP contribution is 2.20. The van der Waals surface area contributed by atoms with Crippen LogP contribution in [0.5, 0.6) is 0 Å². The summed E-state index contributed by atoms with van der Waals surface area (Å²) in [5.74, 6) is 0.736. The van der Waals surface area contributed by atoms with E-state index >= 15 is 0 Å². The Bertz CT molecular complexity index is 838. The number of fused-ring (bicyclic) bond motifs is 1. The van der Waals surface area contributed by atoms with Gasteiger partial charge in [-0.2, -0.15) is 5.10 Å². The zero-order valence-corrected chi connectivity index (χ0v) is 12.1. The maximum absolute atomic E-state index is 12.1. The van der Waals surface area contributed by atoms with E-state index in [1.54, 1.807) is 7.05 Å². The molecule has 2 aromatic carbocycles. The maximum Gasteiger partial charge on any atom is 0.274 e. The lowest BCUT2D eigenvalue weighted by molar-refractivity contribution is 0.720. The maximum atomic E-state index is 12.1. The lowest BCUT2D eigenvalue weighted by atomic mass is 10.1. The molecule has 1 heterocycles. The Balaban J connectivity index is 2.03. The van der Waals surface area contributed by atoms with Crippen molar-refractivity contribution in [3.63, 3.8) is 0 Å². The third kappa shape index (κ3) is 2.65. The van der Waals surface area contributed by atoms with Crippen molar-refractivity contribution in [3.8, 4) is 0 Å². The lowest BCUT2D eigenvalue weighted by Crippen LogP contribution is -2.21. The molecule has 21 heavy (non-hydrogen) atoms. The summed E-state index contributed by atoms with van der Waals surface area (Å²) >= 11 is 0. The second kappa shape index (κ2) is 5.40. The van der Waals surface area contributed by atoms with Crippen LogP contribution < -0.4 is 10.9 Å². The second-order valence-corrected chi connectivity index (χ2v) is 5.17. The summed E-state index contributed by atoms with van der Waals surface area (Å²) in [6.07, 6.45) is 0. The molecule has 0 unspecified atom stereocenters. The van der Waals surface area contributed by atoms with Crippen LogP contribution in [0.1, 0.15) is 11.1 Å². The molecule has 0 radical (unpaired) electrons. The fraction of sp³-hybridized carbons (Fsp3) is 0.176. The number of hydrogen-bond acceptors (Lipinski definition) is 3. The number of rotatable bonds is 3. The molecule has 4 heteroatoms. The second-order valence-electron chi connectivity index (χ2n) is 5.17. The van der Waals surface area contributed by atoms with Crippen molar-refractivity contribution in [2.75, 3.05) is 5.32 Å². The van der Waals surface area contributed by atoms with Gasteiger partial charge >= 0.3 is 0 Å². The van der Waals surface area contributed by atoms with Crippen LogP contribution in [-0.4, -0.2) is 9.78 Å². The van der Waals surface area contributed by atoms with Crippen molar-refractivity contribution in [1.82, 2.24) is 9.78 Å². The Morgan fingerprint density at radius 1 is 1.10 bits per heavy atom. The van der Waals surface area contributed by atoms with Crippen LogP contribution in [0.2, 0.25) is 0 Å². The normalized spacial score (nSPS) is 10.8. The molecule has 0 aliphatic rings. The Hall–Kier alpha value is -2.62. The van der Waals surface area contributed by atoms with Gasteiger partial charge in [0.05, 0.1) is 5.39 Å². The van der Waals surface area contributed by atoms with Gasteiger partial charge < -0.3 is 5.32 Å². The fourth-order valence-corrected chi connectivity index (χ4v) is 2.38. The van der Waals surface area contributed by atoms with Crippen molar-refractivity contribution in [2.24, 2.45) is 7.05 Å². The highest BCUT2D eigenvalue weighted by Gasteiger charge is 2.08. The van der Waals surface area contributed by atoms with Gasteiger partial charge in [0.2, 0.25) is 0 Å². The van der Waals surface area contributed by atoms with E-state index in [2.05, 4.69) is 22.5 Å². The summed E-state index contributed by atoms with van der Waals surface area (Å²) in [6.45, 7) is 2.69. The first-order valence-electron chi connectivity index (χ1n) is 6.90. The van der Waals surface area contributed by atoms with E-state index in [-0.39, 0.29) is 5.56 Å². The molecule has 1 N–H and O–H groups in total. The van der Waals surface area contributed by atoms with E-state index in [9.17, 15) is 4.79 Å². The predicted molar refractivity (Wildman–Crippen MR) is 85.5 cm³/mol. The van der Waals surface area contributed by atoms with E-state index in [1.165, 1.54) is 10.2 Å². The molecule has 0 bridgehead atoms. The average Bonchev–Trinajstić information content (AvgIpc) is 2.50. The third-order valence-electron chi connectivity index (χ3n) is 3.51. The number of benzene rings is 2. The Morgan fingerprint density at radius 2 is 1.86 bits per heavy atom. The predicted octanol–water partition coefficient (Wildman–Crippen LogP) is 2.85. The molecule has 0 saturated carbocycles. The van der Waals surface area contributed by atoms with Crippen molar-refractivity contribution in [1.29, 1.82) is 0 Å². The molecule has 3 rings (SSSR count). The van der Waals surface area contributed by atoms with Crippen LogP contribution in [0, 0.1) is 6.92 Å². The number of hydrogen-bond donors (Lipinski definition) is 1. The van der Waals surface area contributed by atoms with Crippen LogP contribution in [0.4, 0.5) is 5.82 Å². The lowest BCUT2D eigenvalue weighted by Gasteiger charge is -2.11. The molecule has 106 valence electrons. The zero-order valence-electron chi connectivity index (χ0n) is 12.1. The van der Waals surface area contributed by atoms with Gasteiger partial charge in [-0.3, -0.25) is 4.79 Å². The third-order valence-corrected chi connectivity index (χ3v) is 3.51. The molecule has 0 saturated heterocycles. The van der Waals surface area contributed by atoms with Crippen LogP contribution in [-0.2, 0) is 13.6 Å². The Morgan fingerprint density at radius 3 is 2.62 bits per heavy atom. The standard InChI is InChI=1S/C17H17N3O/c1-12-8-9-14-15(10-12)16(19-20(2)17(14)21)18-11-13-6-4-3-5-7-13/h3-10H,11H2,1-2H3,(H,18,19). The topological polar surface area (TPSA) is 46.9 Å². The quantitative estimate of drug-likeness (QED) is 0.802. The Kier molecular flexibility index (Phi) is 3.44. The molecule has 0 aliphatic carbocycles. The minimum absolute atomic E-state index is 0.0738. The van der Waals surface area contributed by atoms with Crippen molar-refractivity contribution in [2.45, 2.75) is 13.5 Å². The minimum Gasteiger partial charge on any atom is -0.364 e. The van der Waals surface area contributed by atoms with Gasteiger partial charge in [-0.15, -0.1) is 0 Å². The van der Waals surface area contributed by atoms with E-state index < -0.39 is 0 Å². The highest BCUT2D eigenvalue weighted by molar-refractivity contribution is 5.91. The first kappa shape index (κ1) is 13.4. The molecule has 0 amide bonds. The summed E-state index contributed by atoms with van der Waals surface area (Å²) in [5, 5.41) is 9.24. The number of aromatic nitrogens is 2. The van der Waals surface area contributed by atoms with Crippen LogP contribution in [0.25, 0.3) is 10.8 Å². The molecule has 0 atom stereocenters. The molecule has 3 aromatic rings. The van der Waals surface area contributed by atoms with E-state index in [1.807, 2.05) is 43.3 Å². The van der Waals surface area contributed by atoms with Gasteiger partial charge in [-0.05, 0) is 24.6 Å². The Labute approximate surface area is 123 Å². The number of anilines is 1. The van der Waals surface area contributed by atoms with Crippen molar-refractivity contribution >= 4 is 16.6 Å². The van der Waals surface area contributed by atoms with Gasteiger partial charge in [-0.25, -0.2) is 4.68 Å². The highest BCUT2D eigenvalue weighted by atomic mass is 16.1. The van der Waals surface area contributed by atoms with Gasteiger partial charge in [0.25, 0.3) is 5.56 Å². The van der Waals surface area contributed by atoms with E-state index in [0.717, 1.165) is 16.8 Å². The van der Waals surface area contributed by atoms with Gasteiger partial charge in [0.15, 0.2) is 5.82 Å². The van der Waals surface area contributed by atoms with Gasteiger partial charge in [0.1, 0.15) is 0 Å². The SMILES string of the molecule is Cc1ccc2c(=O)n(C)nc(NCc3ccccc3)c2c1. The fourth-order valence-electron chi connectivity index (χ4n) is 2.38. The van der Waals surface area contributed by atoms with Crippen LogP contribution in [0.3, 0.4) is 0 Å². The summed E-state index contributed by atoms with van der Waals surface area (Å²) in [4.78, 5) is 12.1. The first-order chi connectivity index (χ1) is 10.1. The van der Waals surface area contributed by atoms with Gasteiger partial charge in [0, 0.05) is 19.0 Å². The molecule has 4 nitrogen and oxygen atoms in total. The minimum atomic E-state index is -0.0738. The molecular formula is C17H17N3O. The summed E-state index contributed by atoms with van der Waals surface area (Å²) in [6, 6.07) is 15.9. The number of nitrogens with one attached hydrogen (secondary N) is 1.